The first-order valence-electron chi connectivity index (χ1n) is 20.0. The second-order valence-electron chi connectivity index (χ2n) is 15.1. The predicted molar refractivity (Wildman–Crippen MR) is 215 cm³/mol. The van der Waals surface area contributed by atoms with Crippen LogP contribution in [0, 0.1) is 5.92 Å². The van der Waals surface area contributed by atoms with Gasteiger partial charge in [0.1, 0.15) is 36.3 Å². The van der Waals surface area contributed by atoms with Crippen molar-refractivity contribution in [1.29, 1.82) is 0 Å². The molecule has 1 aliphatic rings. The molecule has 27 heteroatoms. The van der Waals surface area contributed by atoms with E-state index in [2.05, 4.69) is 41.9 Å². The Balaban J connectivity index is 2.17. The first-order valence-corrected chi connectivity index (χ1v) is 20.0. The zero-order valence-electron chi connectivity index (χ0n) is 35.0. The van der Waals surface area contributed by atoms with E-state index in [0.717, 1.165) is 4.90 Å². The minimum atomic E-state index is -1.86. The van der Waals surface area contributed by atoms with Crippen molar-refractivity contribution in [1.82, 2.24) is 46.8 Å². The largest absolute Gasteiger partial charge is 0.481 e. The van der Waals surface area contributed by atoms with Crippen molar-refractivity contribution in [3.8, 4) is 0 Å². The molecule has 0 unspecified atom stereocenters. The maximum atomic E-state index is 13.6. The maximum absolute atomic E-state index is 13.6. The molecule has 0 aromatic carbocycles. The van der Waals surface area contributed by atoms with Gasteiger partial charge in [0.25, 0.3) is 0 Å². The van der Waals surface area contributed by atoms with E-state index in [-0.39, 0.29) is 44.3 Å². The lowest BCUT2D eigenvalue weighted by Crippen LogP contribution is -2.60. The number of hydrogen-bond donors (Lipinski definition) is 13. The number of rotatable bonds is 28. The van der Waals surface area contributed by atoms with E-state index in [1.54, 1.807) is 0 Å². The number of imidazole rings is 1. The highest BCUT2D eigenvalue weighted by atomic mass is 16.4. The van der Waals surface area contributed by atoms with Crippen LogP contribution in [0.3, 0.4) is 0 Å². The van der Waals surface area contributed by atoms with Gasteiger partial charge in [-0.25, -0.2) is 9.78 Å². The molecule has 2 rings (SSSR count). The summed E-state index contributed by atoms with van der Waals surface area (Å²) in [6, 6.07) is -10.4. The molecule has 7 atom stereocenters. The lowest BCUT2D eigenvalue weighted by molar-refractivity contribution is -0.143. The van der Waals surface area contributed by atoms with Gasteiger partial charge in [-0.2, -0.15) is 0 Å². The summed E-state index contributed by atoms with van der Waals surface area (Å²) in [5.41, 5.74) is 11.2. The van der Waals surface area contributed by atoms with E-state index >= 15 is 0 Å². The highest BCUT2D eigenvalue weighted by Crippen LogP contribution is 2.20. The van der Waals surface area contributed by atoms with Crippen molar-refractivity contribution in [2.75, 3.05) is 13.1 Å². The van der Waals surface area contributed by atoms with Gasteiger partial charge < -0.3 is 73.7 Å². The van der Waals surface area contributed by atoms with Crippen molar-refractivity contribution >= 4 is 71.1 Å². The highest BCUT2D eigenvalue weighted by molar-refractivity contribution is 5.98. The number of nitrogens with zero attached hydrogens (tertiary/aromatic N) is 2. The number of aromatic nitrogens is 2. The summed E-state index contributed by atoms with van der Waals surface area (Å²) in [7, 11) is 0. The Kier molecular flexibility index (Phi) is 21.2. The van der Waals surface area contributed by atoms with Crippen LogP contribution in [-0.4, -0.2) is 162 Å². The van der Waals surface area contributed by atoms with Gasteiger partial charge in [0.05, 0.1) is 31.0 Å². The standard InChI is InChI=1S/C37H55N11O16/c1-17(2)30(35(61)46-22(12-18-14-40-16-42-18)32(58)45-21(37(63)64)6-8-25(39)49)47-33(59)23(13-29(55)56)43-26(50)15-41-31(57)20(7-10-28(53)54)44-34(60)24-4-3-11-48(24)36(62)19(38)5-9-27(51)52/h14,16-17,19-24,30H,3-13,15,38H2,1-2H3,(H2,39,49)(H,40,42)(H,41,57)(H,43,50)(H,44,60)(H,45,58)(H,46,61)(H,47,59)(H,51,52)(H,53,54)(H,55,56)(H,63,64)/t19-,20-,21-,22-,23-,24-,30-/m0/s1. The normalized spacial score (nSPS) is 16.1. The molecule has 15 N–H and O–H groups in total. The van der Waals surface area contributed by atoms with Crippen LogP contribution in [0.15, 0.2) is 12.5 Å². The van der Waals surface area contributed by atoms with Gasteiger partial charge in [0.2, 0.25) is 47.3 Å². The molecule has 0 bridgehead atoms. The molecule has 354 valence electrons. The van der Waals surface area contributed by atoms with E-state index in [0.29, 0.717) is 6.42 Å². The number of carboxylic acid groups (broad SMARTS) is 4. The van der Waals surface area contributed by atoms with Crippen LogP contribution in [0.4, 0.5) is 0 Å². The molecule has 1 aromatic rings. The number of aliphatic carboxylic acids is 4. The van der Waals surface area contributed by atoms with Crippen LogP contribution in [0.25, 0.3) is 0 Å². The molecule has 0 aliphatic carbocycles. The van der Waals surface area contributed by atoms with Crippen LogP contribution in [-0.2, 0) is 64.0 Å². The Labute approximate surface area is 364 Å². The maximum Gasteiger partial charge on any atom is 0.326 e. The SMILES string of the molecule is CC(C)[C@H](NC(=O)[C@H](CC(=O)O)NC(=O)CNC(=O)[C@H](CCC(=O)O)NC(=O)[C@@H]1CCCN1C(=O)[C@@H](N)CCC(=O)O)C(=O)N[C@@H](Cc1c[nH]cn1)C(=O)N[C@@H](CCC(N)=O)C(=O)O. The number of carbonyl (C=O) groups is 12. The summed E-state index contributed by atoms with van der Waals surface area (Å²) >= 11 is 0. The average molecular weight is 910 g/mol. The van der Waals surface area contributed by atoms with Crippen LogP contribution < -0.4 is 43.4 Å². The lowest BCUT2D eigenvalue weighted by Gasteiger charge is -2.28. The van der Waals surface area contributed by atoms with Crippen LogP contribution >= 0.6 is 0 Å². The molecule has 1 aromatic heterocycles. The number of carbonyl (C=O) groups excluding carboxylic acids is 8. The third kappa shape index (κ3) is 18.0. The number of carboxylic acids is 4. The van der Waals surface area contributed by atoms with E-state index in [9.17, 15) is 72.9 Å². The molecule has 8 amide bonds. The molecule has 27 nitrogen and oxygen atoms in total. The number of likely N-dealkylation sites (tertiary alicyclic amines) is 1. The molecule has 1 saturated heterocycles. The number of amides is 8. The Morgan fingerprint density at radius 3 is 1.92 bits per heavy atom. The Morgan fingerprint density at radius 2 is 1.36 bits per heavy atom. The fraction of sp³-hybridized carbons (Fsp3) is 0.595. The van der Waals surface area contributed by atoms with E-state index in [1.807, 2.05) is 0 Å². The first-order chi connectivity index (χ1) is 30.0. The fourth-order valence-electron chi connectivity index (χ4n) is 6.33. The van der Waals surface area contributed by atoms with Crippen molar-refractivity contribution in [2.45, 2.75) is 120 Å². The Morgan fingerprint density at radius 1 is 0.750 bits per heavy atom. The second-order valence-corrected chi connectivity index (χ2v) is 15.1. The minimum Gasteiger partial charge on any atom is -0.481 e. The molecule has 0 saturated carbocycles. The summed E-state index contributed by atoms with van der Waals surface area (Å²) < 4.78 is 0. The lowest BCUT2D eigenvalue weighted by atomic mass is 10.0. The van der Waals surface area contributed by atoms with Crippen molar-refractivity contribution in [3.63, 3.8) is 0 Å². The van der Waals surface area contributed by atoms with Gasteiger partial charge in [-0.15, -0.1) is 0 Å². The van der Waals surface area contributed by atoms with Gasteiger partial charge in [-0.1, -0.05) is 13.8 Å². The fourth-order valence-corrected chi connectivity index (χ4v) is 6.33. The third-order valence-electron chi connectivity index (χ3n) is 9.70. The molecule has 2 heterocycles. The average Bonchev–Trinajstić information content (AvgIpc) is 3.92. The summed E-state index contributed by atoms with van der Waals surface area (Å²) in [4.78, 5) is 158. The number of hydrogen-bond acceptors (Lipinski definition) is 14. The van der Waals surface area contributed by atoms with Crippen LogP contribution in [0.2, 0.25) is 0 Å². The highest BCUT2D eigenvalue weighted by Gasteiger charge is 2.38. The van der Waals surface area contributed by atoms with Crippen molar-refractivity contribution < 1.29 is 78.0 Å². The topological polar surface area (TPSA) is 442 Å². The van der Waals surface area contributed by atoms with Gasteiger partial charge in [0.15, 0.2) is 0 Å². The van der Waals surface area contributed by atoms with E-state index in [1.165, 1.54) is 26.4 Å². The minimum absolute atomic E-state index is 0.0941. The molecular weight excluding hydrogens is 854 g/mol. The molecule has 1 fully saturated rings. The Hall–Kier alpha value is -7.19. The molecule has 0 spiro atoms. The smallest absolute Gasteiger partial charge is 0.326 e. The predicted octanol–water partition coefficient (Wildman–Crippen LogP) is -4.98. The monoisotopic (exact) mass is 909 g/mol. The zero-order chi connectivity index (χ0) is 48.3. The zero-order valence-corrected chi connectivity index (χ0v) is 35.0. The van der Waals surface area contributed by atoms with Gasteiger partial charge >= 0.3 is 23.9 Å². The number of primary amides is 1. The van der Waals surface area contributed by atoms with Crippen LogP contribution in [0.5, 0.6) is 0 Å². The van der Waals surface area contributed by atoms with Gasteiger partial charge in [-0.3, -0.25) is 52.7 Å². The number of nitrogens with two attached hydrogens (primary N) is 2. The summed E-state index contributed by atoms with van der Waals surface area (Å²) in [5, 5.41) is 50.9. The second kappa shape index (κ2) is 25.7. The summed E-state index contributed by atoms with van der Waals surface area (Å²) in [6.07, 6.45) is -0.624. The van der Waals surface area contributed by atoms with Crippen LogP contribution in [0.1, 0.15) is 77.3 Å². The third-order valence-corrected chi connectivity index (χ3v) is 9.70. The summed E-state index contributed by atoms with van der Waals surface area (Å²) in [6.45, 7) is 2.13. The van der Waals surface area contributed by atoms with E-state index < -0.39 is 152 Å². The molecule has 64 heavy (non-hydrogen) atoms. The number of H-pyrrole nitrogens is 1. The van der Waals surface area contributed by atoms with Gasteiger partial charge in [-0.05, 0) is 38.0 Å². The van der Waals surface area contributed by atoms with Crippen molar-refractivity contribution in [2.24, 2.45) is 17.4 Å². The quantitative estimate of drug-likeness (QED) is 0.0374. The molecular formula is C37H55N11O16. The molecule has 1 aliphatic heterocycles. The first kappa shape index (κ1) is 52.9. The number of aromatic amines is 1. The summed E-state index contributed by atoms with van der Waals surface area (Å²) in [5.74, 6) is -14.1. The van der Waals surface area contributed by atoms with Gasteiger partial charge in [0, 0.05) is 38.4 Å². The Bertz CT molecular complexity index is 1890. The number of nitrogens with one attached hydrogen (secondary N) is 7. The van der Waals surface area contributed by atoms with Crippen molar-refractivity contribution in [3.05, 3.63) is 18.2 Å². The van der Waals surface area contributed by atoms with E-state index in [4.69, 9.17) is 16.6 Å². The molecule has 0 radical (unpaired) electrons.